The molecule has 0 aliphatic carbocycles. The van der Waals surface area contributed by atoms with E-state index in [9.17, 15) is 9.18 Å². The molecule has 8 heteroatoms. The second-order valence-electron chi connectivity index (χ2n) is 6.35. The van der Waals surface area contributed by atoms with Crippen LogP contribution >= 0.6 is 0 Å². The SMILES string of the molecule is CCCC.Cc1ncc(-c2ccc(CNCCCN=C(N)N)c(F)c2)c(=O)[nH]1. The van der Waals surface area contributed by atoms with Crippen LogP contribution in [0.25, 0.3) is 11.1 Å². The molecule has 2 aromatic rings. The van der Waals surface area contributed by atoms with Crippen molar-refractivity contribution in [2.75, 3.05) is 13.1 Å². The first-order chi connectivity index (χ1) is 13.4. The van der Waals surface area contributed by atoms with E-state index in [1.807, 2.05) is 0 Å². The molecule has 0 saturated carbocycles. The predicted molar refractivity (Wildman–Crippen MR) is 113 cm³/mol. The van der Waals surface area contributed by atoms with E-state index in [4.69, 9.17) is 11.5 Å². The Morgan fingerprint density at radius 1 is 1.29 bits per heavy atom. The molecule has 0 unspecified atom stereocenters. The van der Waals surface area contributed by atoms with E-state index in [0.717, 1.165) is 6.42 Å². The fraction of sp³-hybridized carbons (Fsp3) is 0.450. The van der Waals surface area contributed by atoms with Gasteiger partial charge in [0.05, 0.1) is 5.56 Å². The number of aryl methyl sites for hydroxylation is 1. The highest BCUT2D eigenvalue weighted by Crippen LogP contribution is 2.18. The minimum absolute atomic E-state index is 0.0669. The van der Waals surface area contributed by atoms with Gasteiger partial charge in [-0.25, -0.2) is 9.37 Å². The average Bonchev–Trinajstić information content (AvgIpc) is 2.65. The Morgan fingerprint density at radius 3 is 2.57 bits per heavy atom. The number of guanidine groups is 1. The summed E-state index contributed by atoms with van der Waals surface area (Å²) in [5, 5.41) is 3.12. The van der Waals surface area contributed by atoms with E-state index in [-0.39, 0.29) is 17.3 Å². The number of H-pyrrole nitrogens is 1. The summed E-state index contributed by atoms with van der Waals surface area (Å²) in [6, 6.07) is 4.71. The zero-order valence-electron chi connectivity index (χ0n) is 16.9. The monoisotopic (exact) mass is 390 g/mol. The molecular formula is C20H31FN6O. The highest BCUT2D eigenvalue weighted by Gasteiger charge is 2.08. The standard InChI is InChI=1S/C16H21FN6O.C4H10/c1-10-22-9-13(15(24)23-10)11-3-4-12(14(17)7-11)8-20-5-2-6-21-16(18)19;1-3-4-2/h3-4,7,9,20H,2,5-6,8H2,1H3,(H4,18,19,21)(H,22,23,24);3-4H2,1-2H3. The lowest BCUT2D eigenvalue weighted by Gasteiger charge is -2.07. The van der Waals surface area contributed by atoms with Gasteiger partial charge in [-0.3, -0.25) is 9.79 Å². The number of halogens is 1. The number of hydrogen-bond acceptors (Lipinski definition) is 4. The maximum atomic E-state index is 14.2. The van der Waals surface area contributed by atoms with Gasteiger partial charge in [-0.2, -0.15) is 0 Å². The molecule has 0 atom stereocenters. The largest absolute Gasteiger partial charge is 0.370 e. The molecule has 1 aromatic carbocycles. The van der Waals surface area contributed by atoms with Gasteiger partial charge >= 0.3 is 0 Å². The first-order valence-corrected chi connectivity index (χ1v) is 9.49. The molecule has 154 valence electrons. The molecule has 7 nitrogen and oxygen atoms in total. The highest BCUT2D eigenvalue weighted by atomic mass is 19.1. The Bertz CT molecular complexity index is 813. The van der Waals surface area contributed by atoms with Crippen LogP contribution in [0, 0.1) is 12.7 Å². The van der Waals surface area contributed by atoms with Gasteiger partial charge in [-0.15, -0.1) is 0 Å². The predicted octanol–water partition coefficient (Wildman–Crippen LogP) is 2.44. The molecule has 0 spiro atoms. The summed E-state index contributed by atoms with van der Waals surface area (Å²) in [6.45, 7) is 7.63. The summed E-state index contributed by atoms with van der Waals surface area (Å²) in [7, 11) is 0. The van der Waals surface area contributed by atoms with Crippen molar-refractivity contribution >= 4 is 5.96 Å². The Kier molecular flexibility index (Phi) is 10.5. The number of hydrogen-bond donors (Lipinski definition) is 4. The normalized spacial score (nSPS) is 10.1. The molecule has 0 amide bonds. The van der Waals surface area contributed by atoms with E-state index in [2.05, 4.69) is 34.1 Å². The molecule has 2 rings (SSSR count). The zero-order chi connectivity index (χ0) is 20.9. The van der Waals surface area contributed by atoms with Gasteiger partial charge < -0.3 is 21.8 Å². The lowest BCUT2D eigenvalue weighted by Crippen LogP contribution is -2.23. The van der Waals surface area contributed by atoms with Gasteiger partial charge in [-0.1, -0.05) is 38.8 Å². The van der Waals surface area contributed by atoms with Gasteiger partial charge in [0.25, 0.3) is 5.56 Å². The number of aromatic nitrogens is 2. The smallest absolute Gasteiger partial charge is 0.258 e. The summed E-state index contributed by atoms with van der Waals surface area (Å²) in [5.74, 6) is 0.215. The topological polar surface area (TPSA) is 122 Å². The maximum absolute atomic E-state index is 14.2. The fourth-order valence-corrected chi connectivity index (χ4v) is 2.18. The van der Waals surface area contributed by atoms with Crippen molar-refractivity contribution in [2.24, 2.45) is 16.5 Å². The number of nitrogens with two attached hydrogens (primary N) is 2. The summed E-state index contributed by atoms with van der Waals surface area (Å²) < 4.78 is 14.2. The van der Waals surface area contributed by atoms with Gasteiger partial charge in [0.2, 0.25) is 0 Å². The Hall–Kier alpha value is -2.74. The molecule has 6 N–H and O–H groups in total. The Labute approximate surface area is 165 Å². The summed E-state index contributed by atoms with van der Waals surface area (Å²) in [4.78, 5) is 22.4. The van der Waals surface area contributed by atoms with Crippen molar-refractivity contribution in [3.63, 3.8) is 0 Å². The Balaban J connectivity index is 0.000000892. The van der Waals surface area contributed by atoms with Crippen molar-refractivity contribution < 1.29 is 4.39 Å². The molecule has 28 heavy (non-hydrogen) atoms. The molecule has 0 aliphatic rings. The van der Waals surface area contributed by atoms with Crippen LogP contribution in [0.3, 0.4) is 0 Å². The zero-order valence-corrected chi connectivity index (χ0v) is 16.9. The van der Waals surface area contributed by atoms with Crippen LogP contribution < -0.4 is 22.3 Å². The maximum Gasteiger partial charge on any atom is 0.258 e. The van der Waals surface area contributed by atoms with E-state index in [0.29, 0.717) is 42.1 Å². The quantitative estimate of drug-likeness (QED) is 0.313. The number of aliphatic imine (C=N–C) groups is 1. The molecular weight excluding hydrogens is 359 g/mol. The van der Waals surface area contributed by atoms with Gasteiger partial charge in [0.1, 0.15) is 11.6 Å². The van der Waals surface area contributed by atoms with Crippen LogP contribution in [0.1, 0.15) is 44.5 Å². The molecule has 1 heterocycles. The summed E-state index contributed by atoms with van der Waals surface area (Å²) in [5.41, 5.74) is 11.5. The molecule has 0 fully saturated rings. The second-order valence-corrected chi connectivity index (χ2v) is 6.35. The van der Waals surface area contributed by atoms with Crippen molar-refractivity contribution in [2.45, 2.75) is 46.6 Å². The first kappa shape index (κ1) is 23.3. The van der Waals surface area contributed by atoms with E-state index in [1.54, 1.807) is 19.1 Å². The Morgan fingerprint density at radius 2 is 2.00 bits per heavy atom. The van der Waals surface area contributed by atoms with Gasteiger partial charge in [0.15, 0.2) is 5.96 Å². The lowest BCUT2D eigenvalue weighted by atomic mass is 10.1. The van der Waals surface area contributed by atoms with Crippen molar-refractivity contribution in [3.05, 3.63) is 52.0 Å². The van der Waals surface area contributed by atoms with Crippen LogP contribution in [-0.2, 0) is 6.54 Å². The number of nitrogens with one attached hydrogen (secondary N) is 2. The van der Waals surface area contributed by atoms with Crippen molar-refractivity contribution in [1.82, 2.24) is 15.3 Å². The highest BCUT2D eigenvalue weighted by molar-refractivity contribution is 5.75. The molecule has 0 radical (unpaired) electrons. The van der Waals surface area contributed by atoms with Crippen LogP contribution in [0.5, 0.6) is 0 Å². The molecule has 0 saturated heterocycles. The third kappa shape index (κ3) is 8.30. The fourth-order valence-electron chi connectivity index (χ4n) is 2.18. The van der Waals surface area contributed by atoms with Crippen LogP contribution in [0.4, 0.5) is 4.39 Å². The second kappa shape index (κ2) is 12.6. The molecule has 0 aliphatic heterocycles. The van der Waals surface area contributed by atoms with Gasteiger partial charge in [-0.05, 0) is 31.5 Å². The number of rotatable bonds is 8. The van der Waals surface area contributed by atoms with Crippen LogP contribution in [-0.4, -0.2) is 29.0 Å². The number of aromatic amines is 1. The van der Waals surface area contributed by atoms with E-state index < -0.39 is 0 Å². The van der Waals surface area contributed by atoms with Crippen LogP contribution in [0.15, 0.2) is 34.2 Å². The van der Waals surface area contributed by atoms with Crippen LogP contribution in [0.2, 0.25) is 0 Å². The minimum Gasteiger partial charge on any atom is -0.370 e. The number of benzene rings is 1. The molecule has 0 bridgehead atoms. The third-order valence-electron chi connectivity index (χ3n) is 3.91. The summed E-state index contributed by atoms with van der Waals surface area (Å²) in [6.07, 6.45) is 4.84. The van der Waals surface area contributed by atoms with Crippen molar-refractivity contribution in [1.29, 1.82) is 0 Å². The van der Waals surface area contributed by atoms with E-state index in [1.165, 1.54) is 25.1 Å². The molecule has 1 aromatic heterocycles. The minimum atomic E-state index is -0.371. The lowest BCUT2D eigenvalue weighted by molar-refractivity contribution is 0.583. The number of unbranched alkanes of at least 4 members (excludes halogenated alkanes) is 1. The average molecular weight is 391 g/mol. The number of nitrogens with zero attached hydrogens (tertiary/aromatic N) is 2. The van der Waals surface area contributed by atoms with Gasteiger partial charge in [0, 0.05) is 24.8 Å². The first-order valence-electron chi connectivity index (χ1n) is 9.49. The van der Waals surface area contributed by atoms with E-state index >= 15 is 0 Å². The summed E-state index contributed by atoms with van der Waals surface area (Å²) >= 11 is 0. The third-order valence-corrected chi connectivity index (χ3v) is 3.91. The van der Waals surface area contributed by atoms with Crippen molar-refractivity contribution in [3.8, 4) is 11.1 Å².